The molecule has 0 aliphatic rings. The Balaban J connectivity index is 3.02. The molecule has 0 amide bonds. The first kappa shape index (κ1) is 10.8. The molecule has 1 aromatic carbocycles. The summed E-state index contributed by atoms with van der Waals surface area (Å²) in [5, 5.41) is 12.0. The third kappa shape index (κ3) is 2.37. The van der Waals surface area contributed by atoms with Crippen molar-refractivity contribution in [3.8, 4) is 0 Å². The van der Waals surface area contributed by atoms with Crippen LogP contribution in [-0.4, -0.2) is 24.2 Å². The SMILES string of the molecule is NCCNc1cccc(Cl)c1C(=O)O. The molecule has 4 nitrogen and oxygen atoms in total. The lowest BCUT2D eigenvalue weighted by atomic mass is 10.2. The van der Waals surface area contributed by atoms with Crippen LogP contribution in [0.4, 0.5) is 5.69 Å². The zero-order chi connectivity index (χ0) is 10.6. The molecule has 0 fully saturated rings. The first-order valence-electron chi connectivity index (χ1n) is 4.12. The average Bonchev–Trinajstić information content (AvgIpc) is 2.14. The van der Waals surface area contributed by atoms with Crippen LogP contribution in [0.25, 0.3) is 0 Å². The van der Waals surface area contributed by atoms with Crippen molar-refractivity contribution in [1.29, 1.82) is 0 Å². The van der Waals surface area contributed by atoms with Gasteiger partial charge in [-0.25, -0.2) is 4.79 Å². The Morgan fingerprint density at radius 1 is 1.57 bits per heavy atom. The van der Waals surface area contributed by atoms with Crippen molar-refractivity contribution in [2.45, 2.75) is 0 Å². The lowest BCUT2D eigenvalue weighted by Crippen LogP contribution is -2.15. The summed E-state index contributed by atoms with van der Waals surface area (Å²) in [6.45, 7) is 0.951. The number of benzene rings is 1. The summed E-state index contributed by atoms with van der Waals surface area (Å²) in [6.07, 6.45) is 0. The number of carboxylic acid groups (broad SMARTS) is 1. The first-order valence-corrected chi connectivity index (χ1v) is 4.50. The normalized spacial score (nSPS) is 9.86. The zero-order valence-corrected chi connectivity index (χ0v) is 8.21. The van der Waals surface area contributed by atoms with Crippen LogP contribution in [0.3, 0.4) is 0 Å². The van der Waals surface area contributed by atoms with Gasteiger partial charge in [0, 0.05) is 13.1 Å². The quantitative estimate of drug-likeness (QED) is 0.709. The second-order valence-electron chi connectivity index (χ2n) is 2.68. The fourth-order valence-corrected chi connectivity index (χ4v) is 1.35. The van der Waals surface area contributed by atoms with Crippen molar-refractivity contribution in [2.24, 2.45) is 5.73 Å². The molecule has 0 saturated carbocycles. The van der Waals surface area contributed by atoms with E-state index in [0.29, 0.717) is 18.8 Å². The molecule has 0 aliphatic heterocycles. The van der Waals surface area contributed by atoms with Gasteiger partial charge in [-0.2, -0.15) is 0 Å². The molecular formula is C9H11ClN2O2. The summed E-state index contributed by atoms with van der Waals surface area (Å²) in [7, 11) is 0. The Kier molecular flexibility index (Phi) is 3.73. The lowest BCUT2D eigenvalue weighted by Gasteiger charge is -2.09. The molecule has 76 valence electrons. The smallest absolute Gasteiger partial charge is 0.339 e. The molecule has 0 aliphatic carbocycles. The Morgan fingerprint density at radius 2 is 2.29 bits per heavy atom. The van der Waals surface area contributed by atoms with Crippen LogP contribution in [0.15, 0.2) is 18.2 Å². The molecule has 0 bridgehead atoms. The Hall–Kier alpha value is -1.26. The molecule has 14 heavy (non-hydrogen) atoms. The van der Waals surface area contributed by atoms with E-state index in [1.54, 1.807) is 18.2 Å². The minimum Gasteiger partial charge on any atom is -0.478 e. The van der Waals surface area contributed by atoms with Gasteiger partial charge < -0.3 is 16.2 Å². The number of halogens is 1. The number of hydrogen-bond donors (Lipinski definition) is 3. The van der Waals surface area contributed by atoms with Gasteiger partial charge in [-0.15, -0.1) is 0 Å². The molecule has 0 atom stereocenters. The summed E-state index contributed by atoms with van der Waals surface area (Å²) in [6, 6.07) is 4.89. The van der Waals surface area contributed by atoms with Crippen LogP contribution >= 0.6 is 11.6 Å². The molecule has 0 unspecified atom stereocenters. The standard InChI is InChI=1S/C9H11ClN2O2/c10-6-2-1-3-7(12-5-4-11)8(6)9(13)14/h1-3,12H,4-5,11H2,(H,13,14). The fraction of sp³-hybridized carbons (Fsp3) is 0.222. The minimum atomic E-state index is -1.05. The zero-order valence-electron chi connectivity index (χ0n) is 7.46. The highest BCUT2D eigenvalue weighted by atomic mass is 35.5. The number of nitrogens with two attached hydrogens (primary N) is 1. The predicted molar refractivity (Wildman–Crippen MR) is 56.0 cm³/mol. The Labute approximate surface area is 86.7 Å². The molecule has 0 radical (unpaired) electrons. The van der Waals surface area contributed by atoms with E-state index >= 15 is 0 Å². The van der Waals surface area contributed by atoms with Gasteiger partial charge in [0.2, 0.25) is 0 Å². The molecule has 4 N–H and O–H groups in total. The topological polar surface area (TPSA) is 75.3 Å². The predicted octanol–water partition coefficient (Wildman–Crippen LogP) is 1.41. The largest absolute Gasteiger partial charge is 0.478 e. The molecular weight excluding hydrogens is 204 g/mol. The van der Waals surface area contributed by atoms with Crippen LogP contribution in [0.1, 0.15) is 10.4 Å². The van der Waals surface area contributed by atoms with Crippen molar-refractivity contribution in [3.63, 3.8) is 0 Å². The van der Waals surface area contributed by atoms with E-state index < -0.39 is 5.97 Å². The van der Waals surface area contributed by atoms with Crippen molar-refractivity contribution in [1.82, 2.24) is 0 Å². The fourth-order valence-electron chi connectivity index (χ4n) is 1.10. The van der Waals surface area contributed by atoms with Crippen LogP contribution < -0.4 is 11.1 Å². The van der Waals surface area contributed by atoms with Gasteiger partial charge in [-0.3, -0.25) is 0 Å². The first-order chi connectivity index (χ1) is 6.66. The number of carbonyl (C=O) groups is 1. The Bertz CT molecular complexity index is 342. The monoisotopic (exact) mass is 214 g/mol. The molecule has 1 aromatic rings. The van der Waals surface area contributed by atoms with Gasteiger partial charge in [0.05, 0.1) is 10.7 Å². The summed E-state index contributed by atoms with van der Waals surface area (Å²) in [4.78, 5) is 10.9. The van der Waals surface area contributed by atoms with Gasteiger partial charge in [0.25, 0.3) is 0 Å². The van der Waals surface area contributed by atoms with Gasteiger partial charge in [0.1, 0.15) is 5.56 Å². The summed E-state index contributed by atoms with van der Waals surface area (Å²) >= 11 is 5.75. The lowest BCUT2D eigenvalue weighted by molar-refractivity contribution is 0.0698. The number of anilines is 1. The van der Waals surface area contributed by atoms with Gasteiger partial charge >= 0.3 is 5.97 Å². The second-order valence-corrected chi connectivity index (χ2v) is 3.09. The van der Waals surface area contributed by atoms with E-state index in [2.05, 4.69) is 5.32 Å². The average molecular weight is 215 g/mol. The number of nitrogens with one attached hydrogen (secondary N) is 1. The highest BCUT2D eigenvalue weighted by Gasteiger charge is 2.13. The van der Waals surface area contributed by atoms with Crippen LogP contribution in [0.2, 0.25) is 5.02 Å². The highest BCUT2D eigenvalue weighted by molar-refractivity contribution is 6.34. The maximum absolute atomic E-state index is 10.9. The van der Waals surface area contributed by atoms with Crippen LogP contribution in [0.5, 0.6) is 0 Å². The van der Waals surface area contributed by atoms with Crippen molar-refractivity contribution >= 4 is 23.3 Å². The van der Waals surface area contributed by atoms with Gasteiger partial charge in [0.15, 0.2) is 0 Å². The van der Waals surface area contributed by atoms with E-state index in [9.17, 15) is 4.79 Å². The molecule has 0 saturated heterocycles. The summed E-state index contributed by atoms with van der Waals surface area (Å²) in [5.41, 5.74) is 5.88. The van der Waals surface area contributed by atoms with Crippen molar-refractivity contribution < 1.29 is 9.90 Å². The Morgan fingerprint density at radius 3 is 2.86 bits per heavy atom. The van der Waals surface area contributed by atoms with E-state index in [4.69, 9.17) is 22.4 Å². The van der Waals surface area contributed by atoms with Crippen molar-refractivity contribution in [3.05, 3.63) is 28.8 Å². The van der Waals surface area contributed by atoms with Crippen LogP contribution in [0, 0.1) is 0 Å². The van der Waals surface area contributed by atoms with Crippen molar-refractivity contribution in [2.75, 3.05) is 18.4 Å². The highest BCUT2D eigenvalue weighted by Crippen LogP contribution is 2.23. The maximum Gasteiger partial charge on any atom is 0.339 e. The third-order valence-corrected chi connectivity index (χ3v) is 2.00. The summed E-state index contributed by atoms with van der Waals surface area (Å²) in [5.74, 6) is -1.05. The molecule has 0 aromatic heterocycles. The van der Waals surface area contributed by atoms with Crippen LogP contribution in [-0.2, 0) is 0 Å². The molecule has 5 heteroatoms. The van der Waals surface area contributed by atoms with E-state index in [1.165, 1.54) is 0 Å². The third-order valence-electron chi connectivity index (χ3n) is 1.69. The van der Waals surface area contributed by atoms with Gasteiger partial charge in [-0.1, -0.05) is 17.7 Å². The second kappa shape index (κ2) is 4.83. The van der Waals surface area contributed by atoms with E-state index in [1.807, 2.05) is 0 Å². The number of aromatic carboxylic acids is 1. The number of rotatable bonds is 4. The molecule has 0 spiro atoms. The van der Waals surface area contributed by atoms with E-state index in [0.717, 1.165) is 0 Å². The summed E-state index contributed by atoms with van der Waals surface area (Å²) < 4.78 is 0. The minimum absolute atomic E-state index is 0.0858. The number of hydrogen-bond acceptors (Lipinski definition) is 3. The maximum atomic E-state index is 10.9. The molecule has 0 heterocycles. The number of carboxylic acids is 1. The molecule has 1 rings (SSSR count). The van der Waals surface area contributed by atoms with Gasteiger partial charge in [-0.05, 0) is 12.1 Å². The van der Waals surface area contributed by atoms with E-state index in [-0.39, 0.29) is 10.6 Å².